The van der Waals surface area contributed by atoms with E-state index in [-0.39, 0.29) is 22.8 Å². The molecule has 1 aliphatic rings. The van der Waals surface area contributed by atoms with Crippen molar-refractivity contribution < 1.29 is 31.8 Å². The Hall–Kier alpha value is -3.25. The highest BCUT2D eigenvalue weighted by molar-refractivity contribution is 7.91. The van der Waals surface area contributed by atoms with Crippen molar-refractivity contribution in [3.05, 3.63) is 58.5 Å². The van der Waals surface area contributed by atoms with Gasteiger partial charge in [0.2, 0.25) is 0 Å². The van der Waals surface area contributed by atoms with Crippen LogP contribution < -0.4 is 15.7 Å². The number of ether oxygens (including phenoxy) is 1. The van der Waals surface area contributed by atoms with E-state index in [0.717, 1.165) is 0 Å². The molecule has 3 aromatic rings. The van der Waals surface area contributed by atoms with Gasteiger partial charge in [0.15, 0.2) is 0 Å². The molecule has 9 nitrogen and oxygen atoms in total. The summed E-state index contributed by atoms with van der Waals surface area (Å²) in [4.78, 5) is 27.0. The molecule has 0 radical (unpaired) electrons. The molecule has 1 atom stereocenters. The van der Waals surface area contributed by atoms with E-state index in [1.54, 1.807) is 51.1 Å². The van der Waals surface area contributed by atoms with Crippen LogP contribution in [-0.2, 0) is 9.84 Å². The van der Waals surface area contributed by atoms with Crippen LogP contribution in [0.4, 0.5) is 8.78 Å². The highest BCUT2D eigenvalue weighted by Crippen LogP contribution is 2.29. The van der Waals surface area contributed by atoms with Gasteiger partial charge in [-0.25, -0.2) is 22.0 Å². The predicted molar refractivity (Wildman–Crippen MR) is 144 cm³/mol. The highest BCUT2D eigenvalue weighted by atomic mass is 32.2. The molecule has 12 heteroatoms. The zero-order valence-corrected chi connectivity index (χ0v) is 23.1. The topological polar surface area (TPSA) is 120 Å². The first-order valence-corrected chi connectivity index (χ1v) is 14.5. The van der Waals surface area contributed by atoms with Gasteiger partial charge in [-0.1, -0.05) is 6.07 Å². The van der Waals surface area contributed by atoms with E-state index in [2.05, 4.69) is 5.32 Å². The van der Waals surface area contributed by atoms with Gasteiger partial charge < -0.3 is 15.2 Å². The number of halogens is 2. The van der Waals surface area contributed by atoms with E-state index < -0.39 is 51.6 Å². The number of sulfone groups is 1. The van der Waals surface area contributed by atoms with Crippen LogP contribution in [0, 0.1) is 0 Å². The zero-order chi connectivity index (χ0) is 28.8. The molecule has 1 aliphatic heterocycles. The molecule has 0 unspecified atom stereocenters. The Kier molecular flexibility index (Phi) is 7.65. The fourth-order valence-electron chi connectivity index (χ4n) is 4.63. The molecule has 2 N–H and O–H groups in total. The van der Waals surface area contributed by atoms with Gasteiger partial charge in [0.25, 0.3) is 12.3 Å². The number of fused-ring (bicyclic) bond motifs is 1. The van der Waals surface area contributed by atoms with Crippen molar-refractivity contribution in [1.82, 2.24) is 14.5 Å². The van der Waals surface area contributed by atoms with Gasteiger partial charge in [0.05, 0.1) is 39.9 Å². The van der Waals surface area contributed by atoms with Crippen LogP contribution in [0.15, 0.2) is 47.3 Å². The van der Waals surface area contributed by atoms with Crippen molar-refractivity contribution in [3.63, 3.8) is 0 Å². The van der Waals surface area contributed by atoms with Gasteiger partial charge in [-0.2, -0.15) is 0 Å². The lowest BCUT2D eigenvalue weighted by atomic mass is 9.94. The van der Waals surface area contributed by atoms with Gasteiger partial charge >= 0.3 is 5.69 Å². The molecule has 0 bridgehead atoms. The van der Waals surface area contributed by atoms with Crippen LogP contribution in [0.5, 0.6) is 5.75 Å². The number of aliphatic hydroxyl groups is 1. The second-order valence-corrected chi connectivity index (χ2v) is 13.2. The van der Waals surface area contributed by atoms with Crippen molar-refractivity contribution in [2.24, 2.45) is 0 Å². The molecule has 0 saturated carbocycles. The van der Waals surface area contributed by atoms with Crippen molar-refractivity contribution in [1.29, 1.82) is 0 Å². The second kappa shape index (κ2) is 10.4. The third kappa shape index (κ3) is 6.17. The molecule has 1 amide bonds. The van der Waals surface area contributed by atoms with E-state index in [1.165, 1.54) is 21.3 Å². The van der Waals surface area contributed by atoms with Crippen molar-refractivity contribution >= 4 is 26.8 Å². The van der Waals surface area contributed by atoms with E-state index in [9.17, 15) is 31.9 Å². The summed E-state index contributed by atoms with van der Waals surface area (Å²) in [6, 6.07) is 10.2. The third-order valence-electron chi connectivity index (χ3n) is 7.34. The van der Waals surface area contributed by atoms with Crippen LogP contribution in [0.2, 0.25) is 0 Å². The minimum atomic E-state index is -3.11. The number of carbonyl (C=O) groups is 1. The minimum Gasteiger partial charge on any atom is -0.488 e. The fraction of sp³-hybridized carbons (Fsp3) is 0.481. The molecule has 4 rings (SSSR count). The minimum absolute atomic E-state index is 0.00556. The first-order valence-electron chi connectivity index (χ1n) is 12.6. The summed E-state index contributed by atoms with van der Waals surface area (Å²) in [6.07, 6.45) is -2.07. The third-order valence-corrected chi connectivity index (χ3v) is 8.99. The lowest BCUT2D eigenvalue weighted by molar-refractivity contribution is 0.0307. The first kappa shape index (κ1) is 28.8. The predicted octanol–water partition coefficient (Wildman–Crippen LogP) is 3.47. The van der Waals surface area contributed by atoms with Gasteiger partial charge in [-0.3, -0.25) is 13.9 Å². The molecular weight excluding hydrogens is 532 g/mol. The maximum Gasteiger partial charge on any atom is 0.334 e. The van der Waals surface area contributed by atoms with E-state index >= 15 is 0 Å². The van der Waals surface area contributed by atoms with Crippen LogP contribution in [-0.4, -0.2) is 64.2 Å². The Bertz CT molecular complexity index is 1540. The van der Waals surface area contributed by atoms with E-state index in [0.29, 0.717) is 29.6 Å². The number of amides is 1. The Morgan fingerprint density at radius 2 is 1.82 bits per heavy atom. The molecule has 39 heavy (non-hydrogen) atoms. The molecule has 212 valence electrons. The first-order chi connectivity index (χ1) is 18.1. The summed E-state index contributed by atoms with van der Waals surface area (Å²) in [6.45, 7) is 5.84. The van der Waals surface area contributed by atoms with Crippen LogP contribution in [0.3, 0.4) is 0 Å². The normalized spacial score (nSPS) is 17.7. The molecule has 1 saturated heterocycles. The molecule has 1 fully saturated rings. The van der Waals surface area contributed by atoms with Gasteiger partial charge in [0, 0.05) is 17.2 Å². The summed E-state index contributed by atoms with van der Waals surface area (Å²) in [5.41, 5.74) is -1.03. The SMILES string of the molecule is C[C@H](n1c(=O)n(-c2cccc(OCC(F)F)c2)c2ccc(C(=O)NC3(C)CCS(=O)(=O)CC3)cc21)C(C)(C)O. The lowest BCUT2D eigenvalue weighted by Crippen LogP contribution is -2.50. The zero-order valence-electron chi connectivity index (χ0n) is 22.3. The van der Waals surface area contributed by atoms with Gasteiger partial charge in [0.1, 0.15) is 22.2 Å². The van der Waals surface area contributed by atoms with Crippen molar-refractivity contribution in [3.8, 4) is 11.4 Å². The maximum atomic E-state index is 13.8. The Balaban J connectivity index is 1.79. The van der Waals surface area contributed by atoms with E-state index in [4.69, 9.17) is 4.74 Å². The number of hydrogen-bond donors (Lipinski definition) is 2. The van der Waals surface area contributed by atoms with Crippen LogP contribution >= 0.6 is 0 Å². The molecule has 1 aromatic heterocycles. The number of alkyl halides is 2. The number of nitrogens with one attached hydrogen (secondary N) is 1. The Labute approximate surface area is 225 Å². The summed E-state index contributed by atoms with van der Waals surface area (Å²) < 4.78 is 56.9. The standard InChI is InChI=1S/C27H33F2N3O6S/c1-17(26(2,3)35)31-22-14-18(24(33)30-27(4)10-12-39(36,37)13-11-27)8-9-21(22)32(25(31)34)19-6-5-7-20(15-19)38-16-23(28)29/h5-9,14-15,17,23,35H,10-13,16H2,1-4H3,(H,30,33)/t17-/m0/s1. The number of carbonyl (C=O) groups excluding carboxylic acids is 1. The summed E-state index contributed by atoms with van der Waals surface area (Å²) in [5.74, 6) is -0.262. The summed E-state index contributed by atoms with van der Waals surface area (Å²) in [5, 5.41) is 13.7. The second-order valence-electron chi connectivity index (χ2n) is 10.9. The quantitative estimate of drug-likeness (QED) is 0.432. The summed E-state index contributed by atoms with van der Waals surface area (Å²) in [7, 11) is -3.11. The Morgan fingerprint density at radius 3 is 2.44 bits per heavy atom. The number of nitrogens with zero attached hydrogens (tertiary/aromatic N) is 2. The number of aromatic nitrogens is 2. The number of benzene rings is 2. The van der Waals surface area contributed by atoms with Crippen molar-refractivity contribution in [2.45, 2.75) is 64.1 Å². The number of hydrogen-bond acceptors (Lipinski definition) is 6. The van der Waals surface area contributed by atoms with Gasteiger partial charge in [-0.05, 0) is 70.9 Å². The van der Waals surface area contributed by atoms with Crippen LogP contribution in [0.25, 0.3) is 16.7 Å². The van der Waals surface area contributed by atoms with E-state index in [1.807, 2.05) is 6.92 Å². The fourth-order valence-corrected chi connectivity index (χ4v) is 6.36. The number of rotatable bonds is 8. The largest absolute Gasteiger partial charge is 0.488 e. The highest BCUT2D eigenvalue weighted by Gasteiger charge is 2.35. The van der Waals surface area contributed by atoms with Crippen LogP contribution in [0.1, 0.15) is 56.9 Å². The molecule has 0 spiro atoms. The molecule has 2 aromatic carbocycles. The lowest BCUT2D eigenvalue weighted by Gasteiger charge is -2.34. The average molecular weight is 566 g/mol. The monoisotopic (exact) mass is 565 g/mol. The number of imidazole rings is 1. The van der Waals surface area contributed by atoms with Gasteiger partial charge in [-0.15, -0.1) is 0 Å². The summed E-state index contributed by atoms with van der Waals surface area (Å²) >= 11 is 0. The maximum absolute atomic E-state index is 13.8. The molecular formula is C27H33F2N3O6S. The average Bonchev–Trinajstić information content (AvgIpc) is 3.14. The van der Waals surface area contributed by atoms with Crippen molar-refractivity contribution in [2.75, 3.05) is 18.1 Å². The molecule has 2 heterocycles. The smallest absolute Gasteiger partial charge is 0.334 e. The Morgan fingerprint density at radius 1 is 1.15 bits per heavy atom. The molecule has 0 aliphatic carbocycles.